The average molecular weight is 274 g/mol. The Labute approximate surface area is 112 Å². The summed E-state index contributed by atoms with van der Waals surface area (Å²) < 4.78 is 0. The summed E-state index contributed by atoms with van der Waals surface area (Å²) in [4.78, 5) is 33.7. The molecule has 0 atom stereocenters. The van der Waals surface area contributed by atoms with Gasteiger partial charge >= 0.3 is 0 Å². The van der Waals surface area contributed by atoms with Gasteiger partial charge in [-0.25, -0.2) is 4.99 Å². The number of nitrogens with zero attached hydrogens (tertiary/aromatic N) is 2. The molecule has 0 aliphatic carbocycles. The second-order valence-electron chi connectivity index (χ2n) is 4.10. The first-order valence-corrected chi connectivity index (χ1v) is 5.96. The number of aromatic nitrogens is 1. The summed E-state index contributed by atoms with van der Waals surface area (Å²) in [6, 6.07) is 6.90. The van der Waals surface area contributed by atoms with Gasteiger partial charge in [-0.3, -0.25) is 14.6 Å². The third kappa shape index (κ3) is 2.08. The Morgan fingerprint density at radius 1 is 1.26 bits per heavy atom. The van der Waals surface area contributed by atoms with Gasteiger partial charge in [0.2, 0.25) is 5.56 Å². The van der Waals surface area contributed by atoms with Crippen LogP contribution in [0, 0.1) is 0 Å². The van der Waals surface area contributed by atoms with E-state index in [1.165, 1.54) is 12.3 Å². The molecule has 6 heteroatoms. The van der Waals surface area contributed by atoms with E-state index < -0.39 is 5.24 Å². The van der Waals surface area contributed by atoms with Crippen LogP contribution in [0.25, 0.3) is 10.9 Å². The molecule has 1 aliphatic rings. The lowest BCUT2D eigenvalue weighted by atomic mass is 10.1. The van der Waals surface area contributed by atoms with Crippen LogP contribution in [0.5, 0.6) is 0 Å². The number of nitrogens with one attached hydrogen (secondary N) is 1. The number of hydrogen-bond acceptors (Lipinski definition) is 4. The average Bonchev–Trinajstić information content (AvgIpc) is 2.61. The van der Waals surface area contributed by atoms with Gasteiger partial charge in [-0.1, -0.05) is 12.1 Å². The van der Waals surface area contributed by atoms with Crippen molar-refractivity contribution in [2.75, 3.05) is 0 Å². The highest BCUT2D eigenvalue weighted by Crippen LogP contribution is 2.29. The fourth-order valence-electron chi connectivity index (χ4n) is 1.98. The summed E-state index contributed by atoms with van der Waals surface area (Å²) in [5, 5.41) is 0.164. The Morgan fingerprint density at radius 3 is 2.84 bits per heavy atom. The lowest BCUT2D eigenvalue weighted by Gasteiger charge is -2.06. The molecule has 0 saturated carbocycles. The molecule has 0 spiro atoms. The number of carbonyl (C=O) groups excluding carboxylic acids is 1. The van der Waals surface area contributed by atoms with Crippen LogP contribution in [0.15, 0.2) is 39.0 Å². The number of halogens is 1. The number of rotatable bonds is 1. The van der Waals surface area contributed by atoms with Gasteiger partial charge in [-0.15, -0.1) is 0 Å². The fraction of sp³-hybridized carbons (Fsp3) is 0.0769. The standard InChI is InChI=1S/C13H8ClN3O2/c14-13(19)9-6-15-5-8-2-1-7-3-4-10(18)17-11(7)12(8)16-9/h1-4,6H,5H2,(H,17,18). The van der Waals surface area contributed by atoms with Crippen LogP contribution in [0.1, 0.15) is 5.56 Å². The van der Waals surface area contributed by atoms with Gasteiger partial charge in [0, 0.05) is 17.0 Å². The number of H-pyrrole nitrogens is 1. The van der Waals surface area contributed by atoms with Crippen molar-refractivity contribution in [3.05, 3.63) is 40.2 Å². The first kappa shape index (κ1) is 11.8. The van der Waals surface area contributed by atoms with E-state index in [9.17, 15) is 9.59 Å². The van der Waals surface area contributed by atoms with Crippen LogP contribution in [0.4, 0.5) is 5.69 Å². The molecule has 3 rings (SSSR count). The molecule has 19 heavy (non-hydrogen) atoms. The molecule has 0 amide bonds. The van der Waals surface area contributed by atoms with Crippen molar-refractivity contribution in [2.45, 2.75) is 6.54 Å². The van der Waals surface area contributed by atoms with Gasteiger partial charge < -0.3 is 4.98 Å². The minimum Gasteiger partial charge on any atom is -0.320 e. The molecular weight excluding hydrogens is 266 g/mol. The van der Waals surface area contributed by atoms with Gasteiger partial charge in [0.05, 0.1) is 24.0 Å². The third-order valence-electron chi connectivity index (χ3n) is 2.87. The van der Waals surface area contributed by atoms with E-state index in [2.05, 4.69) is 15.0 Å². The maximum atomic E-state index is 11.4. The van der Waals surface area contributed by atoms with Gasteiger partial charge in [0.15, 0.2) is 0 Å². The minimum absolute atomic E-state index is 0.0672. The SMILES string of the molecule is O=C(Cl)C1=Nc2c(ccc3ccc(=O)[nH]c23)CN=C1. The van der Waals surface area contributed by atoms with Crippen LogP contribution in [0.2, 0.25) is 0 Å². The highest BCUT2D eigenvalue weighted by Gasteiger charge is 2.14. The summed E-state index contributed by atoms with van der Waals surface area (Å²) in [6.45, 7) is 0.388. The van der Waals surface area contributed by atoms with Crippen molar-refractivity contribution in [1.29, 1.82) is 0 Å². The van der Waals surface area contributed by atoms with Gasteiger partial charge in [-0.05, 0) is 17.7 Å². The van der Waals surface area contributed by atoms with E-state index in [1.54, 1.807) is 6.07 Å². The van der Waals surface area contributed by atoms with Crippen molar-refractivity contribution in [3.63, 3.8) is 0 Å². The molecule has 1 N–H and O–H groups in total. The predicted molar refractivity (Wildman–Crippen MR) is 74.7 cm³/mol. The molecule has 5 nitrogen and oxygen atoms in total. The predicted octanol–water partition coefficient (Wildman–Crippen LogP) is 1.95. The van der Waals surface area contributed by atoms with Crippen LogP contribution < -0.4 is 5.56 Å². The molecule has 0 fully saturated rings. The third-order valence-corrected chi connectivity index (χ3v) is 3.06. The number of aliphatic imine (C=N–C) groups is 2. The largest absolute Gasteiger partial charge is 0.320 e. The normalized spacial score (nSPS) is 13.8. The van der Waals surface area contributed by atoms with Gasteiger partial charge in [0.25, 0.3) is 5.24 Å². The topological polar surface area (TPSA) is 74.7 Å². The van der Waals surface area contributed by atoms with Gasteiger partial charge in [-0.2, -0.15) is 0 Å². The molecule has 0 radical (unpaired) electrons. The Balaban J connectivity index is 2.37. The molecule has 0 saturated heterocycles. The van der Waals surface area contributed by atoms with Crippen LogP contribution in [0.3, 0.4) is 0 Å². The van der Waals surface area contributed by atoms with E-state index in [0.717, 1.165) is 10.9 Å². The first-order chi connectivity index (χ1) is 9.15. The van der Waals surface area contributed by atoms with Crippen molar-refractivity contribution in [3.8, 4) is 0 Å². The highest BCUT2D eigenvalue weighted by atomic mass is 35.5. The monoisotopic (exact) mass is 273 g/mol. The first-order valence-electron chi connectivity index (χ1n) is 5.58. The number of hydrogen-bond donors (Lipinski definition) is 1. The van der Waals surface area contributed by atoms with E-state index in [4.69, 9.17) is 11.6 Å². The molecule has 0 unspecified atom stereocenters. The molecule has 94 valence electrons. The number of benzene rings is 1. The Morgan fingerprint density at radius 2 is 2.05 bits per heavy atom. The Kier molecular flexibility index (Phi) is 2.76. The Bertz CT molecular complexity index is 805. The minimum atomic E-state index is -0.674. The van der Waals surface area contributed by atoms with E-state index in [-0.39, 0.29) is 11.3 Å². The van der Waals surface area contributed by atoms with E-state index in [0.29, 0.717) is 17.7 Å². The second kappa shape index (κ2) is 4.44. The Hall–Kier alpha value is -2.27. The molecule has 1 aromatic carbocycles. The van der Waals surface area contributed by atoms with Crippen LogP contribution in [-0.4, -0.2) is 22.2 Å². The highest BCUT2D eigenvalue weighted by molar-refractivity contribution is 6.89. The molecule has 1 aliphatic heterocycles. The number of carbonyl (C=O) groups is 1. The van der Waals surface area contributed by atoms with E-state index >= 15 is 0 Å². The van der Waals surface area contributed by atoms with Crippen molar-refractivity contribution >= 4 is 45.4 Å². The maximum Gasteiger partial charge on any atom is 0.272 e. The van der Waals surface area contributed by atoms with E-state index in [1.807, 2.05) is 12.1 Å². The van der Waals surface area contributed by atoms with Gasteiger partial charge in [0.1, 0.15) is 5.71 Å². The summed E-state index contributed by atoms with van der Waals surface area (Å²) in [7, 11) is 0. The molecule has 1 aromatic heterocycles. The summed E-state index contributed by atoms with van der Waals surface area (Å²) >= 11 is 5.45. The molecule has 0 bridgehead atoms. The summed E-state index contributed by atoms with van der Waals surface area (Å²) in [5.41, 5.74) is 1.80. The molecule has 2 heterocycles. The number of pyridine rings is 1. The number of fused-ring (bicyclic) bond motifs is 3. The summed E-state index contributed by atoms with van der Waals surface area (Å²) in [5.74, 6) is 0. The molecular formula is C13H8ClN3O2. The number of aromatic amines is 1. The lowest BCUT2D eigenvalue weighted by molar-refractivity contribution is -0.106. The second-order valence-corrected chi connectivity index (χ2v) is 4.44. The van der Waals surface area contributed by atoms with Crippen molar-refractivity contribution in [1.82, 2.24) is 4.98 Å². The lowest BCUT2D eigenvalue weighted by Crippen LogP contribution is -2.08. The summed E-state index contributed by atoms with van der Waals surface area (Å²) in [6.07, 6.45) is 1.35. The zero-order chi connectivity index (χ0) is 13.4. The zero-order valence-corrected chi connectivity index (χ0v) is 10.4. The fourth-order valence-corrected chi connectivity index (χ4v) is 2.07. The van der Waals surface area contributed by atoms with Crippen LogP contribution >= 0.6 is 11.6 Å². The maximum absolute atomic E-state index is 11.4. The van der Waals surface area contributed by atoms with Crippen LogP contribution in [-0.2, 0) is 11.3 Å². The van der Waals surface area contributed by atoms with Crippen molar-refractivity contribution in [2.24, 2.45) is 9.98 Å². The molecule has 2 aromatic rings. The zero-order valence-electron chi connectivity index (χ0n) is 9.68. The smallest absolute Gasteiger partial charge is 0.272 e. The van der Waals surface area contributed by atoms with Crippen molar-refractivity contribution < 1.29 is 4.79 Å². The quantitative estimate of drug-likeness (QED) is 0.807.